The standard InChI is InChI=1S/C24H23FN4O3.C18H18N2O2.C13H9NO2.C7H8N2O.ClH/c25-20-8-5-15(14-21-17-3-1-2-4-18(17)22(30)27-26-21)13-19(20)24(32)29-11-9-28(10-12-29)23(31)16-6-7-16;1-20(2)11-13(21)9-12-7-8-17-16(10-12)14-5-3-4-6-15(14)18(22)19-17;14-10-5-4-9-12(16)6-11(15)8-3-1-2-7(10)13(8)9;8-6-3-1-2-5(4-6)7(9)10;/h1-5,8,13,16H,6-7,9-12,14H2,(H,27,30);3-8,10H,9,11H2,1-2H3,(H,19,22);1-5H,6,14H2;1-4H,8H2,(H2,9,10);1H. The SMILES string of the molecule is CN(C)CC(=O)Cc1ccc2[nH]c(=O)c3ccccc3c2c1.Cl.NC(=O)c1cccc(N)c1.Nc1ccc2c3c(cccc13)C(=O)CC2=O.O=C(c1cc(Cc2n[nH]c(=O)c3ccccc23)ccc1F)N1CCN(C(=O)C2CC2)CC1. The molecule has 2 aromatic heterocycles. The van der Waals surface area contributed by atoms with Crippen LogP contribution in [0.1, 0.15) is 77.5 Å². The van der Waals surface area contributed by atoms with Crippen LogP contribution in [0.3, 0.4) is 0 Å². The van der Waals surface area contributed by atoms with Gasteiger partial charge in [0.2, 0.25) is 11.8 Å². The molecule has 81 heavy (non-hydrogen) atoms. The fourth-order valence-electron chi connectivity index (χ4n) is 9.93. The molecular weight excluding hydrogens is 1050 g/mol. The van der Waals surface area contributed by atoms with Gasteiger partial charge in [-0.05, 0) is 110 Å². The predicted molar refractivity (Wildman–Crippen MR) is 314 cm³/mol. The highest BCUT2D eigenvalue weighted by molar-refractivity contribution is 6.28. The molecule has 0 bridgehead atoms. The Morgan fingerprint density at radius 2 is 1.27 bits per heavy atom. The molecule has 3 amide bonds. The van der Waals surface area contributed by atoms with Gasteiger partial charge in [0.25, 0.3) is 17.0 Å². The van der Waals surface area contributed by atoms with Crippen LogP contribution in [-0.4, -0.2) is 112 Å². The Morgan fingerprint density at radius 1 is 0.654 bits per heavy atom. The number of benzene rings is 7. The summed E-state index contributed by atoms with van der Waals surface area (Å²) in [6.07, 6.45) is 2.63. The number of H-pyrrole nitrogens is 2. The smallest absolute Gasteiger partial charge is 0.272 e. The van der Waals surface area contributed by atoms with Gasteiger partial charge in [0.05, 0.1) is 29.6 Å². The number of Topliss-reactive ketones (excluding diaryl/α,β-unsaturated/α-hetero) is 3. The van der Waals surface area contributed by atoms with Crippen LogP contribution in [0.2, 0.25) is 0 Å². The van der Waals surface area contributed by atoms with Crippen molar-refractivity contribution in [3.05, 3.63) is 205 Å². The van der Waals surface area contributed by atoms with Gasteiger partial charge in [-0.3, -0.25) is 38.4 Å². The molecule has 2 fully saturated rings. The highest BCUT2D eigenvalue weighted by atomic mass is 35.5. The predicted octanol–water partition coefficient (Wildman–Crippen LogP) is 7.68. The van der Waals surface area contributed by atoms with E-state index in [4.69, 9.17) is 17.2 Å². The Morgan fingerprint density at radius 3 is 1.93 bits per heavy atom. The molecule has 0 unspecified atom stereocenters. The molecule has 3 heterocycles. The summed E-state index contributed by atoms with van der Waals surface area (Å²) >= 11 is 0. The number of likely N-dealkylation sites (N-methyl/N-ethyl adjacent to an activating group) is 1. The highest BCUT2D eigenvalue weighted by Crippen LogP contribution is 2.34. The molecule has 0 spiro atoms. The summed E-state index contributed by atoms with van der Waals surface area (Å²) in [5.41, 5.74) is 21.8. The lowest BCUT2D eigenvalue weighted by Crippen LogP contribution is -2.51. The highest BCUT2D eigenvalue weighted by Gasteiger charge is 2.35. The maximum Gasteiger partial charge on any atom is 0.272 e. The average molecular weight is 1110 g/mol. The minimum Gasteiger partial charge on any atom is -0.399 e. The van der Waals surface area contributed by atoms with Crippen LogP contribution in [0, 0.1) is 11.7 Å². The number of nitrogen functional groups attached to an aromatic ring is 2. The molecule has 1 aliphatic heterocycles. The van der Waals surface area contributed by atoms with Crippen LogP contribution in [0.25, 0.3) is 43.2 Å². The number of piperazine rings is 1. The van der Waals surface area contributed by atoms with Crippen LogP contribution in [-0.2, 0) is 22.4 Å². The van der Waals surface area contributed by atoms with Gasteiger partial charge in [0.15, 0.2) is 17.3 Å². The Hall–Kier alpha value is -9.39. The molecular formula is C62H59ClFN9O8. The van der Waals surface area contributed by atoms with E-state index in [-0.39, 0.29) is 70.6 Å². The number of carbonyl (C=O) groups excluding carboxylic acids is 6. The lowest BCUT2D eigenvalue weighted by molar-refractivity contribution is -0.134. The Kier molecular flexibility index (Phi) is 17.9. The number of primary amides is 1. The number of nitrogens with two attached hydrogens (primary N) is 3. The van der Waals surface area contributed by atoms with Crippen LogP contribution in [0.15, 0.2) is 149 Å². The van der Waals surface area contributed by atoms with E-state index >= 15 is 0 Å². The topological polar surface area (TPSA) is 269 Å². The van der Waals surface area contributed by atoms with Crippen molar-refractivity contribution in [3.63, 3.8) is 0 Å². The maximum atomic E-state index is 14.6. The first-order valence-corrected chi connectivity index (χ1v) is 26.0. The number of aromatic amines is 2. The largest absolute Gasteiger partial charge is 0.399 e. The molecule has 414 valence electrons. The van der Waals surface area contributed by atoms with Gasteiger partial charge in [-0.25, -0.2) is 9.49 Å². The number of hydrogen-bond acceptors (Lipinski definition) is 12. The number of rotatable bonds is 9. The molecule has 19 heteroatoms. The van der Waals surface area contributed by atoms with Crippen molar-refractivity contribution in [2.24, 2.45) is 11.7 Å². The van der Waals surface area contributed by atoms with Crippen molar-refractivity contribution in [2.45, 2.75) is 32.1 Å². The molecule has 0 atom stereocenters. The Labute approximate surface area is 470 Å². The monoisotopic (exact) mass is 1110 g/mol. The van der Waals surface area contributed by atoms with Gasteiger partial charge in [0.1, 0.15) is 5.82 Å². The van der Waals surface area contributed by atoms with E-state index < -0.39 is 11.7 Å². The number of hydrogen-bond donors (Lipinski definition) is 5. The number of pyridine rings is 1. The second-order valence-corrected chi connectivity index (χ2v) is 20.2. The van der Waals surface area contributed by atoms with Crippen molar-refractivity contribution in [1.82, 2.24) is 29.9 Å². The Balaban J connectivity index is 0.000000152. The molecule has 17 nitrogen and oxygen atoms in total. The third-order valence-electron chi connectivity index (χ3n) is 14.1. The van der Waals surface area contributed by atoms with E-state index in [0.29, 0.717) is 95.5 Å². The summed E-state index contributed by atoms with van der Waals surface area (Å²) in [4.78, 5) is 103. The molecule has 12 rings (SSSR count). The second-order valence-electron chi connectivity index (χ2n) is 20.2. The first kappa shape index (κ1) is 57.8. The van der Waals surface area contributed by atoms with Crippen molar-refractivity contribution in [2.75, 3.05) is 58.3 Å². The minimum absolute atomic E-state index is 0. The van der Waals surface area contributed by atoms with Gasteiger partial charge in [-0.2, -0.15) is 5.10 Å². The summed E-state index contributed by atoms with van der Waals surface area (Å²) in [5.74, 6) is -1.13. The normalized spacial score (nSPS) is 13.6. The Bertz CT molecular complexity index is 4040. The quantitative estimate of drug-likeness (QED) is 0.0529. The molecule has 3 aliphatic rings. The number of amides is 3. The lowest BCUT2D eigenvalue weighted by atomic mass is 9.86. The van der Waals surface area contributed by atoms with E-state index in [1.54, 1.807) is 82.6 Å². The first-order valence-electron chi connectivity index (χ1n) is 26.0. The molecule has 9 aromatic rings. The van der Waals surface area contributed by atoms with Crippen LogP contribution < -0.4 is 28.3 Å². The molecule has 2 aliphatic carbocycles. The van der Waals surface area contributed by atoms with E-state index in [1.807, 2.05) is 79.7 Å². The van der Waals surface area contributed by atoms with Crippen LogP contribution in [0.5, 0.6) is 0 Å². The van der Waals surface area contributed by atoms with Gasteiger partial charge in [-0.15, -0.1) is 12.4 Å². The minimum atomic E-state index is -0.575. The third kappa shape index (κ3) is 13.4. The van der Waals surface area contributed by atoms with Gasteiger partial charge < -0.3 is 36.9 Å². The van der Waals surface area contributed by atoms with Crippen LogP contribution in [0.4, 0.5) is 15.8 Å². The molecule has 1 saturated heterocycles. The number of anilines is 2. The number of nitrogens with one attached hydrogen (secondary N) is 2. The third-order valence-corrected chi connectivity index (χ3v) is 14.1. The fourth-order valence-corrected chi connectivity index (χ4v) is 9.93. The zero-order chi connectivity index (χ0) is 56.8. The molecule has 8 N–H and O–H groups in total. The number of carbonyl (C=O) groups is 6. The maximum absolute atomic E-state index is 14.6. The van der Waals surface area contributed by atoms with E-state index in [9.17, 15) is 42.7 Å². The summed E-state index contributed by atoms with van der Waals surface area (Å²) in [7, 11) is 3.77. The zero-order valence-electron chi connectivity index (χ0n) is 44.5. The molecule has 7 aromatic carbocycles. The zero-order valence-corrected chi connectivity index (χ0v) is 45.3. The number of aromatic nitrogens is 3. The molecule has 1 saturated carbocycles. The summed E-state index contributed by atoms with van der Waals surface area (Å²) in [6.45, 7) is 2.19. The first-order chi connectivity index (χ1) is 38.4. The fraction of sp³-hybridized carbons (Fsp3) is 0.210. The summed E-state index contributed by atoms with van der Waals surface area (Å²) in [6, 6.07) is 40.3. The van der Waals surface area contributed by atoms with E-state index in [1.165, 1.54) is 6.07 Å². The van der Waals surface area contributed by atoms with Crippen molar-refractivity contribution < 1.29 is 33.2 Å². The summed E-state index contributed by atoms with van der Waals surface area (Å²) < 4.78 is 14.6. The van der Waals surface area contributed by atoms with E-state index in [0.717, 1.165) is 51.0 Å². The van der Waals surface area contributed by atoms with Crippen molar-refractivity contribution in [3.8, 4) is 0 Å². The van der Waals surface area contributed by atoms with Crippen molar-refractivity contribution in [1.29, 1.82) is 0 Å². The van der Waals surface area contributed by atoms with Crippen molar-refractivity contribution >= 4 is 102 Å². The number of fused-ring (bicyclic) bond motifs is 4. The van der Waals surface area contributed by atoms with Gasteiger partial charge in [0, 0.05) is 105 Å². The number of halogens is 2. The van der Waals surface area contributed by atoms with Crippen LogP contribution >= 0.6 is 12.4 Å². The number of nitrogens with zero attached hydrogens (tertiary/aromatic N) is 4. The lowest BCUT2D eigenvalue weighted by Gasteiger charge is -2.35. The van der Waals surface area contributed by atoms with E-state index in [2.05, 4.69) is 15.2 Å². The second kappa shape index (κ2) is 25.2. The average Bonchev–Trinajstić information content (AvgIpc) is 4.48. The summed E-state index contributed by atoms with van der Waals surface area (Å²) in [5, 5.41) is 12.0. The number of ketones is 3. The van der Waals surface area contributed by atoms with Gasteiger partial charge in [-0.1, -0.05) is 72.8 Å². The molecule has 0 radical (unpaired) electrons. The van der Waals surface area contributed by atoms with Gasteiger partial charge >= 0.3 is 0 Å².